The van der Waals surface area contributed by atoms with Gasteiger partial charge in [-0.3, -0.25) is 0 Å². The summed E-state index contributed by atoms with van der Waals surface area (Å²) in [4.78, 5) is 2.72. The van der Waals surface area contributed by atoms with Crippen molar-refractivity contribution in [3.8, 4) is 0 Å². The van der Waals surface area contributed by atoms with Gasteiger partial charge in [-0.1, -0.05) is 18.6 Å². The van der Waals surface area contributed by atoms with E-state index in [-0.39, 0.29) is 0 Å². The van der Waals surface area contributed by atoms with Gasteiger partial charge in [0.1, 0.15) is 0 Å². The van der Waals surface area contributed by atoms with Crippen LogP contribution >= 0.6 is 0 Å². The summed E-state index contributed by atoms with van der Waals surface area (Å²) in [5.41, 5.74) is 0. The average molecular weight is 262 g/mol. The summed E-state index contributed by atoms with van der Waals surface area (Å²) < 4.78 is 0. The molecule has 1 heterocycles. The van der Waals surface area contributed by atoms with E-state index in [9.17, 15) is 0 Å². The summed E-state index contributed by atoms with van der Waals surface area (Å²) in [6.45, 7) is 7.37. The van der Waals surface area contributed by atoms with Crippen molar-refractivity contribution in [2.75, 3.05) is 13.1 Å². The van der Waals surface area contributed by atoms with Gasteiger partial charge in [-0.25, -0.2) is 0 Å². The van der Waals surface area contributed by atoms with Gasteiger partial charge in [0, 0.05) is 31.2 Å². The zero-order chi connectivity index (χ0) is 13.2. The molecule has 2 bridgehead atoms. The molecule has 0 aromatic heterocycles. The van der Waals surface area contributed by atoms with Gasteiger partial charge < -0.3 is 10.2 Å². The van der Waals surface area contributed by atoms with Gasteiger partial charge in [0.15, 0.2) is 0 Å². The summed E-state index contributed by atoms with van der Waals surface area (Å²) in [6, 6.07) is 2.28. The van der Waals surface area contributed by atoms with Crippen molar-refractivity contribution in [3.63, 3.8) is 0 Å². The SMILES string of the molecule is CC(C)N1CC2CCCC(C1)C2NC1CC=CCC1. The molecule has 2 heteroatoms. The second-order valence-corrected chi connectivity index (χ2v) is 7.17. The maximum atomic E-state index is 4.04. The number of fused-ring (bicyclic) bond motifs is 2. The van der Waals surface area contributed by atoms with Crippen LogP contribution in [0.2, 0.25) is 0 Å². The lowest BCUT2D eigenvalue weighted by atomic mass is 9.72. The minimum absolute atomic E-state index is 0.724. The van der Waals surface area contributed by atoms with Crippen molar-refractivity contribution < 1.29 is 0 Å². The van der Waals surface area contributed by atoms with Gasteiger partial charge in [0.05, 0.1) is 0 Å². The van der Waals surface area contributed by atoms with Crippen LogP contribution in [0.4, 0.5) is 0 Å². The molecule has 0 aromatic rings. The third kappa shape index (κ3) is 3.05. The van der Waals surface area contributed by atoms with E-state index in [0.29, 0.717) is 0 Å². The summed E-state index contributed by atoms with van der Waals surface area (Å²) in [6.07, 6.45) is 13.0. The minimum atomic E-state index is 0.724. The quantitative estimate of drug-likeness (QED) is 0.786. The van der Waals surface area contributed by atoms with Crippen molar-refractivity contribution >= 4 is 0 Å². The van der Waals surface area contributed by atoms with Crippen LogP contribution in [0, 0.1) is 11.8 Å². The number of hydrogen-bond donors (Lipinski definition) is 1. The number of nitrogens with zero attached hydrogens (tertiary/aromatic N) is 1. The fourth-order valence-corrected chi connectivity index (χ4v) is 4.38. The maximum Gasteiger partial charge on any atom is 0.0151 e. The predicted octanol–water partition coefficient (Wildman–Crippen LogP) is 3.19. The van der Waals surface area contributed by atoms with Crippen molar-refractivity contribution in [2.24, 2.45) is 11.8 Å². The van der Waals surface area contributed by atoms with Gasteiger partial charge >= 0.3 is 0 Å². The molecule has 1 saturated carbocycles. The molecule has 2 fully saturated rings. The summed E-state index contributed by atoms with van der Waals surface area (Å²) in [7, 11) is 0. The highest BCUT2D eigenvalue weighted by Gasteiger charge is 2.40. The maximum absolute atomic E-state index is 4.04. The van der Waals surface area contributed by atoms with Crippen LogP contribution in [-0.4, -0.2) is 36.1 Å². The Morgan fingerprint density at radius 2 is 1.79 bits per heavy atom. The van der Waals surface area contributed by atoms with Gasteiger partial charge in [0.25, 0.3) is 0 Å². The highest BCUT2D eigenvalue weighted by Crippen LogP contribution is 2.36. The summed E-state index contributed by atoms with van der Waals surface area (Å²) in [5.74, 6) is 1.81. The number of allylic oxidation sites excluding steroid dienone is 1. The van der Waals surface area contributed by atoms with E-state index in [1.165, 1.54) is 51.6 Å². The molecule has 0 radical (unpaired) electrons. The molecule has 19 heavy (non-hydrogen) atoms. The lowest BCUT2D eigenvalue weighted by Crippen LogP contribution is -2.60. The van der Waals surface area contributed by atoms with Gasteiger partial charge in [0.2, 0.25) is 0 Å². The second kappa shape index (κ2) is 5.97. The number of piperidine rings is 1. The van der Waals surface area contributed by atoms with E-state index in [1.807, 2.05) is 0 Å². The normalized spacial score (nSPS) is 39.7. The highest BCUT2D eigenvalue weighted by molar-refractivity contribution is 4.99. The Morgan fingerprint density at radius 3 is 2.37 bits per heavy atom. The molecule has 0 amide bonds. The van der Waals surface area contributed by atoms with E-state index in [0.717, 1.165) is 30.0 Å². The van der Waals surface area contributed by atoms with Crippen molar-refractivity contribution in [1.29, 1.82) is 0 Å². The van der Waals surface area contributed by atoms with Crippen LogP contribution in [0.5, 0.6) is 0 Å². The van der Waals surface area contributed by atoms with E-state index >= 15 is 0 Å². The second-order valence-electron chi connectivity index (χ2n) is 7.17. The fraction of sp³-hybridized carbons (Fsp3) is 0.882. The molecule has 3 unspecified atom stereocenters. The monoisotopic (exact) mass is 262 g/mol. The Balaban J connectivity index is 1.63. The first-order valence-electron chi connectivity index (χ1n) is 8.39. The molecule has 1 aliphatic heterocycles. The predicted molar refractivity (Wildman–Crippen MR) is 81.2 cm³/mol. The van der Waals surface area contributed by atoms with Crippen LogP contribution in [0.3, 0.4) is 0 Å². The standard InChI is InChI=1S/C17H30N2/c1-13(2)19-11-14-7-6-8-15(12-19)17(14)18-16-9-4-3-5-10-16/h3-4,13-18H,5-12H2,1-2H3. The van der Waals surface area contributed by atoms with Gasteiger partial charge in [-0.05, 0) is 57.8 Å². The Bertz CT molecular complexity index is 309. The first-order valence-corrected chi connectivity index (χ1v) is 8.39. The van der Waals surface area contributed by atoms with Crippen LogP contribution in [0.25, 0.3) is 0 Å². The summed E-state index contributed by atoms with van der Waals surface area (Å²) >= 11 is 0. The van der Waals surface area contributed by atoms with Crippen LogP contribution in [0.15, 0.2) is 12.2 Å². The van der Waals surface area contributed by atoms with E-state index in [4.69, 9.17) is 0 Å². The molecule has 108 valence electrons. The minimum Gasteiger partial charge on any atom is -0.310 e. The van der Waals surface area contributed by atoms with Crippen molar-refractivity contribution in [2.45, 2.75) is 70.5 Å². The lowest BCUT2D eigenvalue weighted by molar-refractivity contribution is 0.0245. The smallest absolute Gasteiger partial charge is 0.0151 e. The third-order valence-electron chi connectivity index (χ3n) is 5.53. The molecule has 3 atom stereocenters. The molecule has 1 N–H and O–H groups in total. The Kier molecular flexibility index (Phi) is 4.28. The van der Waals surface area contributed by atoms with E-state index in [1.54, 1.807) is 0 Å². The fourth-order valence-electron chi connectivity index (χ4n) is 4.38. The largest absolute Gasteiger partial charge is 0.310 e. The molecule has 3 aliphatic rings. The topological polar surface area (TPSA) is 15.3 Å². The Morgan fingerprint density at radius 1 is 1.05 bits per heavy atom. The first kappa shape index (κ1) is 13.6. The lowest BCUT2D eigenvalue weighted by Gasteiger charge is -2.50. The number of likely N-dealkylation sites (tertiary alicyclic amines) is 1. The zero-order valence-electron chi connectivity index (χ0n) is 12.6. The third-order valence-corrected chi connectivity index (χ3v) is 5.53. The van der Waals surface area contributed by atoms with Crippen molar-refractivity contribution in [1.82, 2.24) is 10.2 Å². The molecule has 0 aromatic carbocycles. The van der Waals surface area contributed by atoms with Crippen LogP contribution in [-0.2, 0) is 0 Å². The first-order chi connectivity index (χ1) is 9.24. The zero-order valence-corrected chi connectivity index (χ0v) is 12.6. The van der Waals surface area contributed by atoms with Crippen LogP contribution in [0.1, 0.15) is 52.4 Å². The number of hydrogen-bond acceptors (Lipinski definition) is 2. The number of nitrogens with one attached hydrogen (secondary N) is 1. The van der Waals surface area contributed by atoms with Crippen LogP contribution < -0.4 is 5.32 Å². The molecule has 2 nitrogen and oxygen atoms in total. The molecular formula is C17H30N2. The van der Waals surface area contributed by atoms with Gasteiger partial charge in [-0.2, -0.15) is 0 Å². The molecule has 3 rings (SSSR count). The molecule has 0 spiro atoms. The molecule has 2 aliphatic carbocycles. The number of rotatable bonds is 3. The van der Waals surface area contributed by atoms with Gasteiger partial charge in [-0.15, -0.1) is 0 Å². The summed E-state index contributed by atoms with van der Waals surface area (Å²) in [5, 5.41) is 4.04. The molecule has 1 saturated heterocycles. The Labute approximate surface area is 118 Å². The van der Waals surface area contributed by atoms with E-state index < -0.39 is 0 Å². The molecular weight excluding hydrogens is 232 g/mol. The Hall–Kier alpha value is -0.340. The highest BCUT2D eigenvalue weighted by atomic mass is 15.2. The van der Waals surface area contributed by atoms with Crippen molar-refractivity contribution in [3.05, 3.63) is 12.2 Å². The van der Waals surface area contributed by atoms with E-state index in [2.05, 4.69) is 36.2 Å². The average Bonchev–Trinajstić information content (AvgIpc) is 2.39.